The quantitative estimate of drug-likeness (QED) is 0.676. The number of aromatic amines is 1. The lowest BCUT2D eigenvalue weighted by molar-refractivity contribution is 0.584. The van der Waals surface area contributed by atoms with E-state index in [4.69, 9.17) is 0 Å². The zero-order valence-corrected chi connectivity index (χ0v) is 7.08. The zero-order valence-electron chi connectivity index (χ0n) is 7.08. The second-order valence-electron chi connectivity index (χ2n) is 2.74. The molecular weight excluding hydrogens is 169 g/mol. The van der Waals surface area contributed by atoms with Crippen molar-refractivity contribution in [1.29, 1.82) is 0 Å². The molecule has 0 atom stereocenters. The molecule has 0 unspecified atom stereocenters. The van der Waals surface area contributed by atoms with Crippen molar-refractivity contribution in [3.05, 3.63) is 36.3 Å². The van der Waals surface area contributed by atoms with E-state index >= 15 is 0 Å². The van der Waals surface area contributed by atoms with Gasteiger partial charge in [0.25, 0.3) is 0 Å². The van der Waals surface area contributed by atoms with Crippen molar-refractivity contribution < 1.29 is 4.39 Å². The van der Waals surface area contributed by atoms with Crippen LogP contribution in [0.3, 0.4) is 0 Å². The predicted octanol–water partition coefficient (Wildman–Crippen LogP) is 1.92. The number of H-pyrrole nitrogens is 1. The number of nitrogens with zero attached hydrogens (tertiary/aromatic N) is 2. The van der Waals surface area contributed by atoms with Gasteiger partial charge in [-0.05, 0) is 13.0 Å². The molecule has 2 aromatic rings. The lowest BCUT2D eigenvalue weighted by atomic mass is 10.2. The first-order chi connectivity index (χ1) is 6.27. The minimum absolute atomic E-state index is 0.486. The van der Waals surface area contributed by atoms with Crippen molar-refractivity contribution in [3.8, 4) is 11.3 Å². The summed E-state index contributed by atoms with van der Waals surface area (Å²) in [6.07, 6.45) is 3.02. The Labute approximate surface area is 74.7 Å². The van der Waals surface area contributed by atoms with E-state index < -0.39 is 5.95 Å². The largest absolute Gasteiger partial charge is 0.348 e. The summed E-state index contributed by atoms with van der Waals surface area (Å²) in [7, 11) is 0. The highest BCUT2D eigenvalue weighted by Crippen LogP contribution is 2.18. The van der Waals surface area contributed by atoms with Crippen LogP contribution in [0.4, 0.5) is 4.39 Å². The Morgan fingerprint density at radius 3 is 2.85 bits per heavy atom. The fourth-order valence-electron chi connectivity index (χ4n) is 1.20. The van der Waals surface area contributed by atoms with E-state index in [1.807, 2.05) is 6.92 Å². The highest BCUT2D eigenvalue weighted by Gasteiger charge is 2.04. The van der Waals surface area contributed by atoms with Crippen LogP contribution in [0.5, 0.6) is 0 Å². The van der Waals surface area contributed by atoms with Gasteiger partial charge in [-0.25, -0.2) is 9.97 Å². The fraction of sp³-hybridized carbons (Fsp3) is 0.111. The second kappa shape index (κ2) is 2.97. The van der Waals surface area contributed by atoms with Gasteiger partial charge >= 0.3 is 0 Å². The summed E-state index contributed by atoms with van der Waals surface area (Å²) < 4.78 is 12.7. The summed E-state index contributed by atoms with van der Waals surface area (Å²) in [5.74, 6) is -0.486. The third kappa shape index (κ3) is 1.42. The highest BCUT2D eigenvalue weighted by molar-refractivity contribution is 5.60. The monoisotopic (exact) mass is 177 g/mol. The standard InChI is InChI=1S/C9H8FN3/c1-6-9(13-5-12-6)7-2-3-11-8(10)4-7/h2-5H,1H3,(H,12,13). The molecule has 0 fully saturated rings. The van der Waals surface area contributed by atoms with Crippen LogP contribution in [-0.2, 0) is 0 Å². The average molecular weight is 177 g/mol. The van der Waals surface area contributed by atoms with E-state index in [1.54, 1.807) is 12.4 Å². The van der Waals surface area contributed by atoms with Crippen molar-refractivity contribution in [3.63, 3.8) is 0 Å². The first kappa shape index (κ1) is 7.91. The van der Waals surface area contributed by atoms with Gasteiger partial charge in [0.1, 0.15) is 0 Å². The number of imidazole rings is 1. The molecule has 66 valence electrons. The van der Waals surface area contributed by atoms with Gasteiger partial charge in [-0.2, -0.15) is 4.39 Å². The fourth-order valence-corrected chi connectivity index (χ4v) is 1.20. The average Bonchev–Trinajstić information content (AvgIpc) is 2.51. The molecule has 0 amide bonds. The van der Waals surface area contributed by atoms with Crippen LogP contribution in [-0.4, -0.2) is 15.0 Å². The minimum atomic E-state index is -0.486. The Hall–Kier alpha value is -1.71. The van der Waals surface area contributed by atoms with Gasteiger partial charge in [-0.15, -0.1) is 0 Å². The van der Waals surface area contributed by atoms with Crippen molar-refractivity contribution in [1.82, 2.24) is 15.0 Å². The van der Waals surface area contributed by atoms with Gasteiger partial charge in [-0.1, -0.05) is 0 Å². The number of rotatable bonds is 1. The SMILES string of the molecule is Cc1[nH]cnc1-c1ccnc(F)c1. The molecule has 13 heavy (non-hydrogen) atoms. The van der Waals surface area contributed by atoms with E-state index in [0.717, 1.165) is 17.0 Å². The first-order valence-electron chi connectivity index (χ1n) is 3.89. The molecule has 0 saturated carbocycles. The smallest absolute Gasteiger partial charge is 0.213 e. The van der Waals surface area contributed by atoms with Crippen LogP contribution in [0.1, 0.15) is 5.69 Å². The number of hydrogen-bond acceptors (Lipinski definition) is 2. The zero-order chi connectivity index (χ0) is 9.26. The maximum Gasteiger partial charge on any atom is 0.213 e. The van der Waals surface area contributed by atoms with Crippen molar-refractivity contribution in [2.24, 2.45) is 0 Å². The Morgan fingerprint density at radius 2 is 2.23 bits per heavy atom. The highest BCUT2D eigenvalue weighted by atomic mass is 19.1. The van der Waals surface area contributed by atoms with Gasteiger partial charge in [0, 0.05) is 23.5 Å². The molecule has 0 saturated heterocycles. The van der Waals surface area contributed by atoms with Crippen LogP contribution < -0.4 is 0 Å². The number of aromatic nitrogens is 3. The van der Waals surface area contributed by atoms with Crippen molar-refractivity contribution in [2.75, 3.05) is 0 Å². The summed E-state index contributed by atoms with van der Waals surface area (Å²) in [5, 5.41) is 0. The molecule has 0 aromatic carbocycles. The summed E-state index contributed by atoms with van der Waals surface area (Å²) in [5.41, 5.74) is 2.43. The number of nitrogens with one attached hydrogen (secondary N) is 1. The van der Waals surface area contributed by atoms with Gasteiger partial charge < -0.3 is 4.98 Å². The molecule has 2 rings (SSSR count). The number of pyridine rings is 1. The lowest BCUT2D eigenvalue weighted by Gasteiger charge is -1.97. The van der Waals surface area contributed by atoms with Gasteiger partial charge in [0.2, 0.25) is 5.95 Å². The van der Waals surface area contributed by atoms with E-state index in [2.05, 4.69) is 15.0 Å². The molecule has 2 aromatic heterocycles. The molecule has 0 aliphatic heterocycles. The second-order valence-corrected chi connectivity index (χ2v) is 2.74. The Balaban J connectivity index is 2.53. The summed E-state index contributed by atoms with van der Waals surface area (Å²) >= 11 is 0. The van der Waals surface area contributed by atoms with Crippen molar-refractivity contribution >= 4 is 0 Å². The topological polar surface area (TPSA) is 41.6 Å². The molecule has 3 nitrogen and oxygen atoms in total. The Morgan fingerprint density at radius 1 is 1.38 bits per heavy atom. The van der Waals surface area contributed by atoms with E-state index in [-0.39, 0.29) is 0 Å². The first-order valence-corrected chi connectivity index (χ1v) is 3.89. The summed E-state index contributed by atoms with van der Waals surface area (Å²) in [4.78, 5) is 10.5. The van der Waals surface area contributed by atoms with Crippen LogP contribution in [0, 0.1) is 12.9 Å². The van der Waals surface area contributed by atoms with E-state index in [0.29, 0.717) is 0 Å². The number of aryl methyl sites for hydroxylation is 1. The maximum absolute atomic E-state index is 12.7. The molecule has 2 heterocycles. The maximum atomic E-state index is 12.7. The van der Waals surface area contributed by atoms with Crippen molar-refractivity contribution in [2.45, 2.75) is 6.92 Å². The third-order valence-corrected chi connectivity index (χ3v) is 1.83. The normalized spacial score (nSPS) is 10.3. The number of hydrogen-bond donors (Lipinski definition) is 1. The van der Waals surface area contributed by atoms with Gasteiger partial charge in [0.15, 0.2) is 0 Å². The van der Waals surface area contributed by atoms with Crippen LogP contribution in [0.2, 0.25) is 0 Å². The summed E-state index contributed by atoms with van der Waals surface area (Å²) in [6.45, 7) is 1.89. The van der Waals surface area contributed by atoms with Crippen LogP contribution in [0.15, 0.2) is 24.7 Å². The van der Waals surface area contributed by atoms with Crippen LogP contribution >= 0.6 is 0 Å². The molecule has 0 aliphatic carbocycles. The Bertz CT molecular complexity index is 422. The molecule has 4 heteroatoms. The molecule has 0 spiro atoms. The van der Waals surface area contributed by atoms with E-state index in [9.17, 15) is 4.39 Å². The van der Waals surface area contributed by atoms with Crippen LogP contribution in [0.25, 0.3) is 11.3 Å². The van der Waals surface area contributed by atoms with E-state index in [1.165, 1.54) is 12.3 Å². The minimum Gasteiger partial charge on any atom is -0.348 e. The molecule has 0 bridgehead atoms. The third-order valence-electron chi connectivity index (χ3n) is 1.83. The number of halogens is 1. The molecule has 1 N–H and O–H groups in total. The Kier molecular flexibility index (Phi) is 1.81. The lowest BCUT2D eigenvalue weighted by Crippen LogP contribution is -1.85. The van der Waals surface area contributed by atoms with Gasteiger partial charge in [-0.3, -0.25) is 0 Å². The summed E-state index contributed by atoms with van der Waals surface area (Å²) in [6, 6.07) is 3.09. The predicted molar refractivity (Wildman–Crippen MR) is 46.5 cm³/mol. The molecule has 0 radical (unpaired) electrons. The van der Waals surface area contributed by atoms with Gasteiger partial charge in [0.05, 0.1) is 12.0 Å². The molecule has 0 aliphatic rings. The molecular formula is C9H8FN3.